The second kappa shape index (κ2) is 6.66. The third-order valence-electron chi connectivity index (χ3n) is 4.59. The van der Waals surface area contributed by atoms with Gasteiger partial charge in [0.1, 0.15) is 10.8 Å². The quantitative estimate of drug-likeness (QED) is 0.521. The third kappa shape index (κ3) is 3.26. The molecule has 0 saturated heterocycles. The summed E-state index contributed by atoms with van der Waals surface area (Å²) in [4.78, 5) is 20.7. The molecular weight excluding hydrogens is 358 g/mol. The van der Waals surface area contributed by atoms with Gasteiger partial charge < -0.3 is 10.3 Å². The highest BCUT2D eigenvalue weighted by Gasteiger charge is 2.30. The Bertz CT molecular complexity index is 1120. The summed E-state index contributed by atoms with van der Waals surface area (Å²) in [6.07, 6.45) is 2.11. The Labute approximate surface area is 159 Å². The number of nitrogens with one attached hydrogen (secondary N) is 2. The minimum absolute atomic E-state index is 0.00552. The number of carbonyl (C=O) groups is 1. The highest BCUT2D eigenvalue weighted by atomic mass is 32.2. The summed E-state index contributed by atoms with van der Waals surface area (Å²) in [7, 11) is 0. The monoisotopic (exact) mass is 375 g/mol. The molecule has 0 bridgehead atoms. The first-order chi connectivity index (χ1) is 13.3. The van der Waals surface area contributed by atoms with Crippen molar-refractivity contribution in [2.24, 2.45) is 0 Å². The van der Waals surface area contributed by atoms with Crippen molar-refractivity contribution < 1.29 is 4.79 Å². The lowest BCUT2D eigenvalue weighted by Crippen LogP contribution is -2.29. The summed E-state index contributed by atoms with van der Waals surface area (Å²) in [5.74, 6) is -0.00552. The molecule has 2 N–H and O–H groups in total. The zero-order valence-electron chi connectivity index (χ0n) is 14.4. The van der Waals surface area contributed by atoms with Crippen LogP contribution < -0.4 is 5.32 Å². The Kier molecular flexibility index (Phi) is 4.01. The van der Waals surface area contributed by atoms with Gasteiger partial charge in [-0.2, -0.15) is 0 Å². The number of carbonyl (C=O) groups excluding carboxylic acids is 1. The lowest BCUT2D eigenvalue weighted by molar-refractivity contribution is -0.120. The molecule has 2 aromatic heterocycles. The fraction of sp³-hybridized carbons (Fsp3) is 0.200. The molecule has 1 atom stereocenters. The van der Waals surface area contributed by atoms with Crippen molar-refractivity contribution in [3.8, 4) is 0 Å². The van der Waals surface area contributed by atoms with Gasteiger partial charge >= 0.3 is 0 Å². The zero-order valence-corrected chi connectivity index (χ0v) is 15.2. The van der Waals surface area contributed by atoms with Gasteiger partial charge in [-0.25, -0.2) is 4.98 Å². The van der Waals surface area contributed by atoms with Gasteiger partial charge in [0, 0.05) is 16.9 Å². The van der Waals surface area contributed by atoms with Crippen LogP contribution in [-0.2, 0) is 4.79 Å². The van der Waals surface area contributed by atoms with Gasteiger partial charge in [-0.3, -0.25) is 4.79 Å². The number of benzene rings is 2. The minimum atomic E-state index is -0.407. The molecule has 2 aromatic carbocycles. The highest BCUT2D eigenvalue weighted by Crippen LogP contribution is 2.35. The van der Waals surface area contributed by atoms with Gasteiger partial charge in [-0.1, -0.05) is 60.3 Å². The lowest BCUT2D eigenvalue weighted by atomic mass is 10.1. The largest absolute Gasteiger partial charge is 0.352 e. The van der Waals surface area contributed by atoms with Gasteiger partial charge in [0.05, 0.1) is 0 Å². The molecule has 0 unspecified atom stereocenters. The van der Waals surface area contributed by atoms with Crippen LogP contribution in [0.5, 0.6) is 0 Å². The number of nitrogens with zero attached hydrogens (tertiary/aromatic N) is 3. The number of fused-ring (bicyclic) bond motifs is 3. The SMILES string of the molecule is O=C(NC1CC1)[C@@H](Sc1nnc2c(n1)[nH]c1ccccc12)c1ccccc1. The van der Waals surface area contributed by atoms with E-state index in [-0.39, 0.29) is 5.91 Å². The lowest BCUT2D eigenvalue weighted by Gasteiger charge is -2.15. The Morgan fingerprint density at radius 2 is 1.85 bits per heavy atom. The van der Waals surface area contributed by atoms with Gasteiger partial charge in [0.25, 0.3) is 0 Å². The van der Waals surface area contributed by atoms with Crippen LogP contribution in [-0.4, -0.2) is 32.1 Å². The van der Waals surface area contributed by atoms with E-state index >= 15 is 0 Å². The van der Waals surface area contributed by atoms with Crippen LogP contribution in [0.15, 0.2) is 59.8 Å². The second-order valence-electron chi connectivity index (χ2n) is 6.65. The topological polar surface area (TPSA) is 83.6 Å². The van der Waals surface area contributed by atoms with Crippen LogP contribution in [0.3, 0.4) is 0 Å². The van der Waals surface area contributed by atoms with E-state index in [9.17, 15) is 4.79 Å². The maximum Gasteiger partial charge on any atom is 0.238 e. The molecule has 7 heteroatoms. The van der Waals surface area contributed by atoms with Crippen molar-refractivity contribution in [2.45, 2.75) is 29.3 Å². The van der Waals surface area contributed by atoms with Gasteiger partial charge in [0.2, 0.25) is 11.1 Å². The van der Waals surface area contributed by atoms with Crippen LogP contribution >= 0.6 is 11.8 Å². The van der Waals surface area contributed by atoms with Crippen molar-refractivity contribution in [1.29, 1.82) is 0 Å². The smallest absolute Gasteiger partial charge is 0.238 e. The average Bonchev–Trinajstić information content (AvgIpc) is 3.44. The molecule has 0 aliphatic heterocycles. The Morgan fingerprint density at radius 3 is 2.67 bits per heavy atom. The predicted molar refractivity (Wildman–Crippen MR) is 105 cm³/mol. The minimum Gasteiger partial charge on any atom is -0.352 e. The molecule has 5 rings (SSSR count). The van der Waals surface area contributed by atoms with E-state index in [1.54, 1.807) is 0 Å². The highest BCUT2D eigenvalue weighted by molar-refractivity contribution is 8.00. The fourth-order valence-corrected chi connectivity index (χ4v) is 3.98. The molecule has 134 valence electrons. The summed E-state index contributed by atoms with van der Waals surface area (Å²) in [6.45, 7) is 0. The van der Waals surface area contributed by atoms with E-state index in [2.05, 4.69) is 25.5 Å². The van der Waals surface area contributed by atoms with Crippen LogP contribution in [0.1, 0.15) is 23.7 Å². The predicted octanol–water partition coefficient (Wildman–Crippen LogP) is 3.62. The number of aromatic nitrogens is 4. The number of hydrogen-bond acceptors (Lipinski definition) is 5. The maximum absolute atomic E-state index is 12.8. The van der Waals surface area contributed by atoms with E-state index in [0.29, 0.717) is 16.8 Å². The van der Waals surface area contributed by atoms with Gasteiger partial charge in [-0.05, 0) is 24.5 Å². The van der Waals surface area contributed by atoms with Crippen LogP contribution in [0.25, 0.3) is 22.1 Å². The second-order valence-corrected chi connectivity index (χ2v) is 7.73. The standard InChI is InChI=1S/C20H17N5OS/c26-19(21-13-10-11-13)17(12-6-2-1-3-7-12)27-20-23-18-16(24-25-20)14-8-4-5-9-15(14)22-18/h1-9,13,17H,10-11H2,(H,21,26)(H,22,23,25)/t17-/m0/s1. The maximum atomic E-state index is 12.8. The summed E-state index contributed by atoms with van der Waals surface area (Å²) >= 11 is 1.33. The Hall–Kier alpha value is -2.93. The van der Waals surface area contributed by atoms with Crippen molar-refractivity contribution >= 4 is 39.7 Å². The zero-order chi connectivity index (χ0) is 18.2. The van der Waals surface area contributed by atoms with E-state index in [1.165, 1.54) is 11.8 Å². The summed E-state index contributed by atoms with van der Waals surface area (Å²) in [5, 5.41) is 12.8. The molecule has 27 heavy (non-hydrogen) atoms. The number of aromatic amines is 1. The molecule has 1 aliphatic carbocycles. The fourth-order valence-electron chi connectivity index (χ4n) is 3.07. The Morgan fingerprint density at radius 1 is 1.07 bits per heavy atom. The molecule has 6 nitrogen and oxygen atoms in total. The first kappa shape index (κ1) is 16.3. The van der Waals surface area contributed by atoms with E-state index in [1.807, 2.05) is 54.6 Å². The molecule has 1 fully saturated rings. The number of H-pyrrole nitrogens is 1. The number of para-hydroxylation sites is 1. The molecule has 0 radical (unpaired) electrons. The first-order valence-corrected chi connectivity index (χ1v) is 9.79. The molecule has 0 spiro atoms. The normalized spacial score (nSPS) is 15.1. The molecule has 2 heterocycles. The molecule has 1 saturated carbocycles. The molecular formula is C20H17N5OS. The summed E-state index contributed by atoms with van der Waals surface area (Å²) < 4.78 is 0. The van der Waals surface area contributed by atoms with Crippen LogP contribution in [0.2, 0.25) is 0 Å². The molecule has 1 aliphatic rings. The van der Waals surface area contributed by atoms with E-state index in [4.69, 9.17) is 0 Å². The van der Waals surface area contributed by atoms with Crippen molar-refractivity contribution in [2.75, 3.05) is 0 Å². The summed E-state index contributed by atoms with van der Waals surface area (Å²) in [6, 6.07) is 18.0. The van der Waals surface area contributed by atoms with Crippen molar-refractivity contribution in [3.05, 3.63) is 60.2 Å². The number of amides is 1. The Balaban J connectivity index is 1.49. The molecule has 4 aromatic rings. The van der Waals surface area contributed by atoms with E-state index < -0.39 is 5.25 Å². The summed E-state index contributed by atoms with van der Waals surface area (Å²) in [5.41, 5.74) is 3.33. The van der Waals surface area contributed by atoms with Gasteiger partial charge in [0.15, 0.2) is 5.65 Å². The first-order valence-electron chi connectivity index (χ1n) is 8.91. The number of hydrogen-bond donors (Lipinski definition) is 2. The van der Waals surface area contributed by atoms with Crippen molar-refractivity contribution in [3.63, 3.8) is 0 Å². The average molecular weight is 375 g/mol. The van der Waals surface area contributed by atoms with Crippen LogP contribution in [0.4, 0.5) is 0 Å². The van der Waals surface area contributed by atoms with E-state index in [0.717, 1.165) is 34.8 Å². The number of rotatable bonds is 5. The van der Waals surface area contributed by atoms with Gasteiger partial charge in [-0.15, -0.1) is 10.2 Å². The van der Waals surface area contributed by atoms with Crippen LogP contribution in [0, 0.1) is 0 Å². The third-order valence-corrected chi connectivity index (χ3v) is 5.70. The number of thioether (sulfide) groups is 1. The molecule has 1 amide bonds. The van der Waals surface area contributed by atoms with Crippen molar-refractivity contribution in [1.82, 2.24) is 25.5 Å².